The van der Waals surface area contributed by atoms with Gasteiger partial charge in [0.25, 0.3) is 0 Å². The Hall–Kier alpha value is -2.96. The number of nitrogens with one attached hydrogen (secondary N) is 1. The molecule has 0 radical (unpaired) electrons. The average molecular weight is 355 g/mol. The van der Waals surface area contributed by atoms with E-state index in [4.69, 9.17) is 0 Å². The molecular formula is C19H21N3O4. The highest BCUT2D eigenvalue weighted by molar-refractivity contribution is 6.07. The van der Waals surface area contributed by atoms with Crippen molar-refractivity contribution in [1.29, 1.82) is 0 Å². The summed E-state index contributed by atoms with van der Waals surface area (Å²) in [4.78, 5) is 50.4. The van der Waals surface area contributed by atoms with Crippen molar-refractivity contribution in [3.05, 3.63) is 35.9 Å². The van der Waals surface area contributed by atoms with E-state index in [1.807, 2.05) is 24.3 Å². The fourth-order valence-electron chi connectivity index (χ4n) is 3.27. The zero-order valence-corrected chi connectivity index (χ0v) is 14.6. The lowest BCUT2D eigenvalue weighted by atomic mass is 10.1. The second-order valence-corrected chi connectivity index (χ2v) is 6.33. The van der Waals surface area contributed by atoms with Gasteiger partial charge in [-0.1, -0.05) is 12.1 Å². The normalized spacial score (nSPS) is 20.1. The van der Waals surface area contributed by atoms with E-state index in [9.17, 15) is 19.2 Å². The number of nitrogens with zero attached hydrogens (tertiary/aromatic N) is 2. The SMILES string of the molecule is CCN(C(=O)/C=C/c1ccc(N2CCCC2=O)cc1)C1CC(=O)NC1=O. The van der Waals surface area contributed by atoms with E-state index < -0.39 is 11.9 Å². The fourth-order valence-corrected chi connectivity index (χ4v) is 3.27. The van der Waals surface area contributed by atoms with Crippen molar-refractivity contribution in [3.63, 3.8) is 0 Å². The molecule has 3 rings (SSSR count). The lowest BCUT2D eigenvalue weighted by molar-refractivity contribution is -0.135. The predicted molar refractivity (Wildman–Crippen MR) is 96.0 cm³/mol. The van der Waals surface area contributed by atoms with Crippen molar-refractivity contribution in [1.82, 2.24) is 10.2 Å². The Kier molecular flexibility index (Phi) is 5.16. The van der Waals surface area contributed by atoms with Crippen LogP contribution in [0.1, 0.15) is 31.7 Å². The molecule has 2 heterocycles. The van der Waals surface area contributed by atoms with Gasteiger partial charge in [0.05, 0.1) is 6.42 Å². The minimum Gasteiger partial charge on any atom is -0.327 e. The molecule has 136 valence electrons. The van der Waals surface area contributed by atoms with Crippen molar-refractivity contribution >= 4 is 35.4 Å². The maximum Gasteiger partial charge on any atom is 0.249 e. The van der Waals surface area contributed by atoms with E-state index in [0.717, 1.165) is 24.2 Å². The summed E-state index contributed by atoms with van der Waals surface area (Å²) in [5, 5.41) is 2.22. The number of benzene rings is 1. The molecule has 1 atom stereocenters. The summed E-state index contributed by atoms with van der Waals surface area (Å²) >= 11 is 0. The minimum absolute atomic E-state index is 0.00478. The molecule has 0 saturated carbocycles. The van der Waals surface area contributed by atoms with Gasteiger partial charge in [0.1, 0.15) is 6.04 Å². The van der Waals surface area contributed by atoms with Crippen LogP contribution in [-0.2, 0) is 19.2 Å². The highest BCUT2D eigenvalue weighted by Gasteiger charge is 2.36. The zero-order chi connectivity index (χ0) is 18.7. The van der Waals surface area contributed by atoms with Crippen LogP contribution < -0.4 is 10.2 Å². The van der Waals surface area contributed by atoms with Gasteiger partial charge in [-0.05, 0) is 37.1 Å². The van der Waals surface area contributed by atoms with Crippen LogP contribution in [0.4, 0.5) is 5.69 Å². The number of carbonyl (C=O) groups is 4. The van der Waals surface area contributed by atoms with E-state index in [-0.39, 0.29) is 24.1 Å². The maximum absolute atomic E-state index is 12.4. The molecule has 4 amide bonds. The van der Waals surface area contributed by atoms with E-state index in [1.54, 1.807) is 17.9 Å². The molecule has 2 aliphatic rings. The third kappa shape index (κ3) is 3.66. The van der Waals surface area contributed by atoms with Gasteiger partial charge in [-0.25, -0.2) is 0 Å². The first-order chi connectivity index (χ1) is 12.5. The predicted octanol–water partition coefficient (Wildman–Crippen LogP) is 1.09. The fraction of sp³-hybridized carbons (Fsp3) is 0.368. The van der Waals surface area contributed by atoms with Crippen molar-refractivity contribution in [2.45, 2.75) is 32.2 Å². The van der Waals surface area contributed by atoms with E-state index in [0.29, 0.717) is 13.0 Å². The summed E-state index contributed by atoms with van der Waals surface area (Å²) in [7, 11) is 0. The van der Waals surface area contributed by atoms with Gasteiger partial charge in [0, 0.05) is 31.3 Å². The van der Waals surface area contributed by atoms with Crippen molar-refractivity contribution in [2.24, 2.45) is 0 Å². The molecule has 1 unspecified atom stereocenters. The Morgan fingerprint density at radius 2 is 2.00 bits per heavy atom. The van der Waals surface area contributed by atoms with E-state index >= 15 is 0 Å². The third-order valence-corrected chi connectivity index (χ3v) is 4.64. The quantitative estimate of drug-likeness (QED) is 0.633. The summed E-state index contributed by atoms with van der Waals surface area (Å²) in [6.07, 6.45) is 4.52. The second-order valence-electron chi connectivity index (χ2n) is 6.33. The van der Waals surface area contributed by atoms with Crippen molar-refractivity contribution < 1.29 is 19.2 Å². The molecule has 1 N–H and O–H groups in total. The first-order valence-corrected chi connectivity index (χ1v) is 8.72. The van der Waals surface area contributed by atoms with Gasteiger partial charge in [-0.3, -0.25) is 24.5 Å². The molecule has 26 heavy (non-hydrogen) atoms. The molecule has 0 aliphatic carbocycles. The summed E-state index contributed by atoms with van der Waals surface area (Å²) in [5.74, 6) is -0.979. The smallest absolute Gasteiger partial charge is 0.249 e. The molecule has 2 fully saturated rings. The van der Waals surface area contributed by atoms with Gasteiger partial charge in [-0.15, -0.1) is 0 Å². The topological polar surface area (TPSA) is 86.8 Å². The molecule has 0 spiro atoms. The molecule has 1 aromatic carbocycles. The average Bonchev–Trinajstić information content (AvgIpc) is 3.19. The molecule has 0 aromatic heterocycles. The summed E-state index contributed by atoms with van der Waals surface area (Å²) < 4.78 is 0. The lowest BCUT2D eigenvalue weighted by Crippen LogP contribution is -2.43. The van der Waals surface area contributed by atoms with Crippen LogP contribution in [0.25, 0.3) is 6.08 Å². The Bertz CT molecular complexity index is 769. The molecule has 7 nitrogen and oxygen atoms in total. The van der Waals surface area contributed by atoms with E-state index in [2.05, 4.69) is 5.32 Å². The van der Waals surface area contributed by atoms with Crippen LogP contribution in [0, 0.1) is 0 Å². The number of likely N-dealkylation sites (N-methyl/N-ethyl adjacent to an activating group) is 1. The summed E-state index contributed by atoms with van der Waals surface area (Å²) in [6, 6.07) is 6.65. The third-order valence-electron chi connectivity index (χ3n) is 4.64. The van der Waals surface area contributed by atoms with Crippen LogP contribution in [0.5, 0.6) is 0 Å². The molecule has 1 aromatic rings. The highest BCUT2D eigenvalue weighted by atomic mass is 16.2. The minimum atomic E-state index is -0.742. The molecule has 2 aliphatic heterocycles. The number of carbonyl (C=O) groups excluding carboxylic acids is 4. The summed E-state index contributed by atoms with van der Waals surface area (Å²) in [5.41, 5.74) is 1.67. The second kappa shape index (κ2) is 7.51. The number of rotatable bonds is 5. The monoisotopic (exact) mass is 355 g/mol. The lowest BCUT2D eigenvalue weighted by Gasteiger charge is -2.23. The van der Waals surface area contributed by atoms with Gasteiger partial charge < -0.3 is 9.80 Å². The highest BCUT2D eigenvalue weighted by Crippen LogP contribution is 2.22. The zero-order valence-electron chi connectivity index (χ0n) is 14.6. The largest absolute Gasteiger partial charge is 0.327 e. The number of hydrogen-bond donors (Lipinski definition) is 1. The molecule has 7 heteroatoms. The molecule has 0 bridgehead atoms. The van der Waals surface area contributed by atoms with Crippen LogP contribution in [0.2, 0.25) is 0 Å². The van der Waals surface area contributed by atoms with E-state index in [1.165, 1.54) is 11.0 Å². The maximum atomic E-state index is 12.4. The standard InChI is InChI=1S/C19H21N3O4/c1-2-21(15-12-16(23)20-19(15)26)18(25)10-7-13-5-8-14(9-6-13)22-11-3-4-17(22)24/h5-10,15H,2-4,11-12H2,1H3,(H,20,23,26)/b10-7+. The van der Waals surface area contributed by atoms with Crippen LogP contribution in [0.3, 0.4) is 0 Å². The number of amides is 4. The van der Waals surface area contributed by atoms with Crippen LogP contribution in [0.15, 0.2) is 30.3 Å². The van der Waals surface area contributed by atoms with Gasteiger partial charge >= 0.3 is 0 Å². The Morgan fingerprint density at radius 1 is 1.27 bits per heavy atom. The van der Waals surface area contributed by atoms with Gasteiger partial charge in [0.15, 0.2) is 0 Å². The molecule has 2 saturated heterocycles. The number of hydrogen-bond acceptors (Lipinski definition) is 4. The first kappa shape index (κ1) is 17.8. The number of anilines is 1. The van der Waals surface area contributed by atoms with Crippen LogP contribution in [-0.4, -0.2) is 47.7 Å². The summed E-state index contributed by atoms with van der Waals surface area (Å²) in [6.45, 7) is 2.84. The van der Waals surface area contributed by atoms with Gasteiger partial charge in [-0.2, -0.15) is 0 Å². The Labute approximate surface area is 151 Å². The van der Waals surface area contributed by atoms with Gasteiger partial charge in [0.2, 0.25) is 23.6 Å². The number of imide groups is 1. The van der Waals surface area contributed by atoms with Crippen LogP contribution >= 0.6 is 0 Å². The Morgan fingerprint density at radius 3 is 2.54 bits per heavy atom. The van der Waals surface area contributed by atoms with Crippen molar-refractivity contribution in [3.8, 4) is 0 Å². The van der Waals surface area contributed by atoms with Crippen molar-refractivity contribution in [2.75, 3.05) is 18.0 Å². The Balaban J connectivity index is 1.66. The molecular weight excluding hydrogens is 334 g/mol. The first-order valence-electron chi connectivity index (χ1n) is 8.72.